The van der Waals surface area contributed by atoms with E-state index in [9.17, 15) is 0 Å². The first kappa shape index (κ1) is 12.7. The molecular weight excluding hydrogens is 246 g/mol. The SMILES string of the molecule is N#Cc1ccc2c(c1)CC[C@H](Cc1ccccc1)NN2. The van der Waals surface area contributed by atoms with Gasteiger partial charge in [0.1, 0.15) is 0 Å². The van der Waals surface area contributed by atoms with Crippen molar-refractivity contribution in [2.24, 2.45) is 0 Å². The summed E-state index contributed by atoms with van der Waals surface area (Å²) in [6, 6.07) is 18.9. The van der Waals surface area contributed by atoms with Crippen LogP contribution in [0.3, 0.4) is 0 Å². The molecule has 0 saturated heterocycles. The van der Waals surface area contributed by atoms with Crippen molar-refractivity contribution in [3.8, 4) is 6.07 Å². The highest BCUT2D eigenvalue weighted by atomic mass is 15.4. The quantitative estimate of drug-likeness (QED) is 0.875. The molecule has 1 atom stereocenters. The van der Waals surface area contributed by atoms with Crippen LogP contribution in [-0.2, 0) is 12.8 Å². The lowest BCUT2D eigenvalue weighted by molar-refractivity contribution is 0.528. The number of fused-ring (bicyclic) bond motifs is 1. The highest BCUT2D eigenvalue weighted by Gasteiger charge is 2.15. The van der Waals surface area contributed by atoms with Crippen molar-refractivity contribution in [1.82, 2.24) is 5.43 Å². The Bertz CT molecular complexity index is 628. The van der Waals surface area contributed by atoms with Crippen LogP contribution in [0.25, 0.3) is 0 Å². The molecule has 3 rings (SSSR count). The normalized spacial score (nSPS) is 17.4. The predicted molar refractivity (Wildman–Crippen MR) is 80.2 cm³/mol. The molecule has 0 saturated carbocycles. The van der Waals surface area contributed by atoms with Gasteiger partial charge in [0.2, 0.25) is 0 Å². The van der Waals surface area contributed by atoms with Crippen LogP contribution in [0.5, 0.6) is 0 Å². The third-order valence-electron chi connectivity index (χ3n) is 3.73. The molecule has 3 nitrogen and oxygen atoms in total. The number of hydrogen-bond acceptors (Lipinski definition) is 3. The van der Waals surface area contributed by atoms with Gasteiger partial charge in [0, 0.05) is 6.04 Å². The number of hydrazine groups is 1. The van der Waals surface area contributed by atoms with Gasteiger partial charge in [-0.05, 0) is 48.6 Å². The summed E-state index contributed by atoms with van der Waals surface area (Å²) < 4.78 is 0. The third-order valence-corrected chi connectivity index (χ3v) is 3.73. The van der Waals surface area contributed by atoms with Crippen LogP contribution < -0.4 is 10.9 Å². The van der Waals surface area contributed by atoms with Gasteiger partial charge in [-0.1, -0.05) is 30.3 Å². The number of aryl methyl sites for hydroxylation is 1. The zero-order valence-corrected chi connectivity index (χ0v) is 11.3. The monoisotopic (exact) mass is 263 g/mol. The molecule has 0 radical (unpaired) electrons. The van der Waals surface area contributed by atoms with Crippen molar-refractivity contribution in [2.45, 2.75) is 25.3 Å². The van der Waals surface area contributed by atoms with Gasteiger partial charge in [-0.3, -0.25) is 0 Å². The van der Waals surface area contributed by atoms with E-state index in [1.807, 2.05) is 24.3 Å². The number of anilines is 1. The summed E-state index contributed by atoms with van der Waals surface area (Å²) in [5, 5.41) is 8.97. The molecule has 0 aromatic heterocycles. The van der Waals surface area contributed by atoms with Crippen LogP contribution >= 0.6 is 0 Å². The number of benzene rings is 2. The molecule has 1 heterocycles. The van der Waals surface area contributed by atoms with Crippen molar-refractivity contribution in [2.75, 3.05) is 5.43 Å². The fourth-order valence-corrected chi connectivity index (χ4v) is 2.63. The molecule has 0 aliphatic carbocycles. The van der Waals surface area contributed by atoms with Gasteiger partial charge in [-0.15, -0.1) is 0 Å². The van der Waals surface area contributed by atoms with E-state index in [0.717, 1.165) is 30.5 Å². The van der Waals surface area contributed by atoms with Crippen LogP contribution in [0.4, 0.5) is 5.69 Å². The lowest BCUT2D eigenvalue weighted by atomic mass is 9.99. The Morgan fingerprint density at radius 3 is 2.80 bits per heavy atom. The van der Waals surface area contributed by atoms with Crippen molar-refractivity contribution >= 4 is 5.69 Å². The Morgan fingerprint density at radius 1 is 1.15 bits per heavy atom. The van der Waals surface area contributed by atoms with Crippen molar-refractivity contribution < 1.29 is 0 Å². The van der Waals surface area contributed by atoms with Crippen molar-refractivity contribution in [3.05, 3.63) is 65.2 Å². The van der Waals surface area contributed by atoms with E-state index >= 15 is 0 Å². The average Bonchev–Trinajstić information content (AvgIpc) is 2.70. The molecule has 1 aliphatic heterocycles. The van der Waals surface area contributed by atoms with Gasteiger partial charge in [0.15, 0.2) is 0 Å². The van der Waals surface area contributed by atoms with Crippen LogP contribution in [0.15, 0.2) is 48.5 Å². The first-order valence-electron chi connectivity index (χ1n) is 6.93. The fourth-order valence-electron chi connectivity index (χ4n) is 2.63. The highest BCUT2D eigenvalue weighted by Crippen LogP contribution is 2.22. The summed E-state index contributed by atoms with van der Waals surface area (Å²) in [5.41, 5.74) is 11.0. The standard InChI is InChI=1S/C17H17N3/c18-12-14-6-9-17-15(10-14)7-8-16(19-20-17)11-13-4-2-1-3-5-13/h1-6,9-10,16,19-20H,7-8,11H2/t16-/m1/s1. The Balaban J connectivity index is 1.71. The van der Waals surface area contributed by atoms with E-state index in [1.165, 1.54) is 11.1 Å². The number of nitriles is 1. The smallest absolute Gasteiger partial charge is 0.0991 e. The second-order valence-corrected chi connectivity index (χ2v) is 5.18. The minimum Gasteiger partial charge on any atom is -0.321 e. The Hall–Kier alpha value is -2.31. The topological polar surface area (TPSA) is 47.9 Å². The highest BCUT2D eigenvalue weighted by molar-refractivity contribution is 5.54. The maximum Gasteiger partial charge on any atom is 0.0991 e. The molecule has 2 aromatic rings. The van der Waals surface area contributed by atoms with Gasteiger partial charge in [-0.25, -0.2) is 5.43 Å². The van der Waals surface area contributed by atoms with Gasteiger partial charge in [0.25, 0.3) is 0 Å². The molecule has 0 fully saturated rings. The van der Waals surface area contributed by atoms with E-state index in [-0.39, 0.29) is 0 Å². The van der Waals surface area contributed by atoms with Gasteiger partial charge in [-0.2, -0.15) is 5.26 Å². The first-order valence-corrected chi connectivity index (χ1v) is 6.93. The summed E-state index contributed by atoms with van der Waals surface area (Å²) in [5.74, 6) is 0. The lowest BCUT2D eigenvalue weighted by Crippen LogP contribution is -2.34. The van der Waals surface area contributed by atoms with Crippen molar-refractivity contribution in [1.29, 1.82) is 5.26 Å². The van der Waals surface area contributed by atoms with Gasteiger partial charge < -0.3 is 5.43 Å². The van der Waals surface area contributed by atoms with Crippen LogP contribution in [0.2, 0.25) is 0 Å². The Kier molecular flexibility index (Phi) is 3.67. The van der Waals surface area contributed by atoms with Crippen LogP contribution in [0.1, 0.15) is 23.1 Å². The largest absolute Gasteiger partial charge is 0.321 e. The summed E-state index contributed by atoms with van der Waals surface area (Å²) >= 11 is 0. The lowest BCUT2D eigenvalue weighted by Gasteiger charge is -2.16. The predicted octanol–water partition coefficient (Wildman–Crippen LogP) is 3.03. The number of nitrogens with zero attached hydrogens (tertiary/aromatic N) is 1. The Labute approximate surface area is 119 Å². The van der Waals surface area contributed by atoms with Crippen LogP contribution in [-0.4, -0.2) is 6.04 Å². The molecule has 2 N–H and O–H groups in total. The minimum absolute atomic E-state index is 0.398. The first-order chi connectivity index (χ1) is 9.85. The maximum absolute atomic E-state index is 8.97. The summed E-state index contributed by atoms with van der Waals surface area (Å²) in [6.07, 6.45) is 3.05. The molecule has 0 amide bonds. The summed E-state index contributed by atoms with van der Waals surface area (Å²) in [4.78, 5) is 0. The molecule has 0 spiro atoms. The zero-order valence-electron chi connectivity index (χ0n) is 11.3. The number of nitrogens with one attached hydrogen (secondary N) is 2. The molecular formula is C17H17N3. The van der Waals surface area contributed by atoms with Crippen molar-refractivity contribution in [3.63, 3.8) is 0 Å². The summed E-state index contributed by atoms with van der Waals surface area (Å²) in [7, 11) is 0. The number of rotatable bonds is 2. The molecule has 3 heteroatoms. The molecule has 0 unspecified atom stereocenters. The van der Waals surface area contributed by atoms with E-state index in [1.54, 1.807) is 0 Å². The molecule has 2 aromatic carbocycles. The minimum atomic E-state index is 0.398. The molecule has 20 heavy (non-hydrogen) atoms. The summed E-state index contributed by atoms with van der Waals surface area (Å²) in [6.45, 7) is 0. The zero-order chi connectivity index (χ0) is 13.8. The molecule has 1 aliphatic rings. The van der Waals surface area contributed by atoms with E-state index in [2.05, 4.69) is 41.2 Å². The van der Waals surface area contributed by atoms with Crippen LogP contribution in [0, 0.1) is 11.3 Å². The van der Waals surface area contributed by atoms with E-state index < -0.39 is 0 Å². The number of hydrogen-bond donors (Lipinski definition) is 2. The van der Waals surface area contributed by atoms with E-state index in [0.29, 0.717) is 6.04 Å². The van der Waals surface area contributed by atoms with E-state index in [4.69, 9.17) is 5.26 Å². The Morgan fingerprint density at radius 2 is 2.00 bits per heavy atom. The second kappa shape index (κ2) is 5.77. The second-order valence-electron chi connectivity index (χ2n) is 5.18. The average molecular weight is 263 g/mol. The van der Waals surface area contributed by atoms with Gasteiger partial charge >= 0.3 is 0 Å². The fraction of sp³-hybridized carbons (Fsp3) is 0.235. The molecule has 100 valence electrons. The third kappa shape index (κ3) is 2.81. The van der Waals surface area contributed by atoms with Gasteiger partial charge in [0.05, 0.1) is 17.3 Å². The molecule has 0 bridgehead atoms. The maximum atomic E-state index is 8.97.